The zero-order valence-electron chi connectivity index (χ0n) is 11.6. The van der Waals surface area contributed by atoms with E-state index < -0.39 is 10.0 Å². The van der Waals surface area contributed by atoms with Gasteiger partial charge in [0.25, 0.3) is 0 Å². The van der Waals surface area contributed by atoms with Gasteiger partial charge in [-0.05, 0) is 37.1 Å². The Balaban J connectivity index is 2.02. The highest BCUT2D eigenvalue weighted by molar-refractivity contribution is 7.89. The Kier molecular flexibility index (Phi) is 5.31. The number of nitriles is 1. The van der Waals surface area contributed by atoms with Crippen LogP contribution in [0.15, 0.2) is 29.2 Å². The predicted molar refractivity (Wildman–Crippen MR) is 76.0 cm³/mol. The van der Waals surface area contributed by atoms with Crippen LogP contribution in [0.1, 0.15) is 18.4 Å². The third-order valence-electron chi connectivity index (χ3n) is 3.47. The predicted octanol–water partition coefficient (Wildman–Crippen LogP) is 0.720. The van der Waals surface area contributed by atoms with E-state index in [0.717, 1.165) is 0 Å². The molecule has 1 aromatic rings. The first-order valence-corrected chi connectivity index (χ1v) is 8.24. The molecular weight excluding hydrogens is 292 g/mol. The maximum absolute atomic E-state index is 12.5. The molecule has 0 aromatic heterocycles. The first-order chi connectivity index (χ1) is 10.1. The number of piperidine rings is 1. The van der Waals surface area contributed by atoms with Crippen LogP contribution in [-0.4, -0.2) is 50.2 Å². The minimum absolute atomic E-state index is 0.00423. The molecule has 1 aliphatic heterocycles. The molecule has 0 radical (unpaired) electrons. The highest BCUT2D eigenvalue weighted by Gasteiger charge is 2.29. The summed E-state index contributed by atoms with van der Waals surface area (Å²) in [4.78, 5) is 0.205. The van der Waals surface area contributed by atoms with Gasteiger partial charge in [-0.1, -0.05) is 0 Å². The lowest BCUT2D eigenvalue weighted by Gasteiger charge is -2.31. The molecule has 0 unspecified atom stereocenters. The van der Waals surface area contributed by atoms with Gasteiger partial charge >= 0.3 is 0 Å². The average molecular weight is 310 g/mol. The monoisotopic (exact) mass is 310 g/mol. The zero-order chi connectivity index (χ0) is 15.3. The summed E-state index contributed by atoms with van der Waals surface area (Å²) >= 11 is 0. The topological polar surface area (TPSA) is 90.6 Å². The molecule has 0 spiro atoms. The molecule has 21 heavy (non-hydrogen) atoms. The molecule has 1 saturated heterocycles. The number of aliphatic hydroxyl groups excluding tert-OH is 1. The third kappa shape index (κ3) is 3.80. The zero-order valence-corrected chi connectivity index (χ0v) is 12.4. The van der Waals surface area contributed by atoms with Gasteiger partial charge in [-0.25, -0.2) is 8.42 Å². The molecule has 0 saturated carbocycles. The number of hydrogen-bond acceptors (Lipinski definition) is 5. The van der Waals surface area contributed by atoms with Crippen molar-refractivity contribution >= 4 is 10.0 Å². The highest BCUT2D eigenvalue weighted by atomic mass is 32.2. The van der Waals surface area contributed by atoms with E-state index in [9.17, 15) is 8.42 Å². The number of rotatable bonds is 5. The Hall–Kier alpha value is -1.46. The van der Waals surface area contributed by atoms with Crippen LogP contribution in [0.4, 0.5) is 0 Å². The van der Waals surface area contributed by atoms with Gasteiger partial charge in [0.2, 0.25) is 10.0 Å². The van der Waals surface area contributed by atoms with Crippen LogP contribution < -0.4 is 0 Å². The van der Waals surface area contributed by atoms with E-state index in [1.807, 2.05) is 6.07 Å². The van der Waals surface area contributed by atoms with Crippen molar-refractivity contribution in [2.75, 3.05) is 26.3 Å². The standard InChI is InChI=1S/C14H18N2O4S/c15-11-12-1-3-14(4-2-12)21(18,19)16-7-5-13(6-8-16)20-10-9-17/h1-4,13,17H,5-10H2. The van der Waals surface area contributed by atoms with Crippen molar-refractivity contribution in [3.05, 3.63) is 29.8 Å². The number of hydrogen-bond donors (Lipinski definition) is 1. The second-order valence-corrected chi connectivity index (χ2v) is 6.77. The maximum Gasteiger partial charge on any atom is 0.243 e. The van der Waals surface area contributed by atoms with Gasteiger partial charge < -0.3 is 9.84 Å². The summed E-state index contributed by atoms with van der Waals surface area (Å²) in [6, 6.07) is 7.89. The van der Waals surface area contributed by atoms with Crippen molar-refractivity contribution in [2.45, 2.75) is 23.8 Å². The number of sulfonamides is 1. The average Bonchev–Trinajstić information content (AvgIpc) is 2.53. The Labute approximate surface area is 124 Å². The fraction of sp³-hybridized carbons (Fsp3) is 0.500. The van der Waals surface area contributed by atoms with E-state index >= 15 is 0 Å². The molecule has 1 aliphatic rings. The summed E-state index contributed by atoms with van der Waals surface area (Å²) < 4.78 is 31.8. The van der Waals surface area contributed by atoms with Gasteiger partial charge in [0.15, 0.2) is 0 Å². The highest BCUT2D eigenvalue weighted by Crippen LogP contribution is 2.22. The van der Waals surface area contributed by atoms with Crippen LogP contribution in [0.2, 0.25) is 0 Å². The largest absolute Gasteiger partial charge is 0.394 e. The van der Waals surface area contributed by atoms with E-state index in [4.69, 9.17) is 15.1 Å². The molecule has 2 rings (SSSR count). The van der Waals surface area contributed by atoms with E-state index in [1.165, 1.54) is 28.6 Å². The molecule has 6 nitrogen and oxygen atoms in total. The van der Waals surface area contributed by atoms with Crippen molar-refractivity contribution in [2.24, 2.45) is 0 Å². The van der Waals surface area contributed by atoms with Gasteiger partial charge in [0, 0.05) is 13.1 Å². The van der Waals surface area contributed by atoms with E-state index in [0.29, 0.717) is 31.5 Å². The van der Waals surface area contributed by atoms with Crippen molar-refractivity contribution in [3.8, 4) is 6.07 Å². The van der Waals surface area contributed by atoms with Gasteiger partial charge in [-0.3, -0.25) is 0 Å². The number of benzene rings is 1. The molecule has 0 aliphatic carbocycles. The van der Waals surface area contributed by atoms with Gasteiger partial charge in [-0.2, -0.15) is 9.57 Å². The van der Waals surface area contributed by atoms with Crippen LogP contribution >= 0.6 is 0 Å². The number of ether oxygens (including phenoxy) is 1. The summed E-state index contributed by atoms with van der Waals surface area (Å²) in [5, 5.41) is 17.5. The van der Waals surface area contributed by atoms with E-state index in [-0.39, 0.29) is 24.2 Å². The minimum atomic E-state index is -3.51. The minimum Gasteiger partial charge on any atom is -0.394 e. The van der Waals surface area contributed by atoms with Gasteiger partial charge in [0.1, 0.15) is 0 Å². The third-order valence-corrected chi connectivity index (χ3v) is 5.38. The Morgan fingerprint density at radius 2 is 1.90 bits per heavy atom. The second kappa shape index (κ2) is 7.00. The summed E-state index contributed by atoms with van der Waals surface area (Å²) in [6.45, 7) is 1.06. The van der Waals surface area contributed by atoms with E-state index in [2.05, 4.69) is 0 Å². The molecular formula is C14H18N2O4S. The Morgan fingerprint density at radius 3 is 2.43 bits per heavy atom. The molecule has 1 aromatic carbocycles. The van der Waals surface area contributed by atoms with Crippen molar-refractivity contribution in [3.63, 3.8) is 0 Å². The number of aliphatic hydroxyl groups is 1. The maximum atomic E-state index is 12.5. The summed E-state index contributed by atoms with van der Waals surface area (Å²) in [5.74, 6) is 0. The van der Waals surface area contributed by atoms with Crippen LogP contribution in [0.3, 0.4) is 0 Å². The van der Waals surface area contributed by atoms with Crippen LogP contribution in [0.5, 0.6) is 0 Å². The summed E-state index contributed by atoms with van der Waals surface area (Å²) in [7, 11) is -3.51. The number of nitrogens with zero attached hydrogens (tertiary/aromatic N) is 2. The van der Waals surface area contributed by atoms with E-state index in [1.54, 1.807) is 0 Å². The molecule has 0 bridgehead atoms. The van der Waals surface area contributed by atoms with Crippen LogP contribution in [0.25, 0.3) is 0 Å². The van der Waals surface area contributed by atoms with Crippen LogP contribution in [-0.2, 0) is 14.8 Å². The normalized spacial score (nSPS) is 17.5. The fourth-order valence-electron chi connectivity index (χ4n) is 2.31. The smallest absolute Gasteiger partial charge is 0.243 e. The Bertz CT molecular complexity index is 599. The molecule has 1 N–H and O–H groups in total. The molecule has 7 heteroatoms. The van der Waals surface area contributed by atoms with Crippen molar-refractivity contribution < 1.29 is 18.3 Å². The van der Waals surface area contributed by atoms with Gasteiger partial charge in [0.05, 0.1) is 35.8 Å². The molecule has 1 heterocycles. The SMILES string of the molecule is N#Cc1ccc(S(=O)(=O)N2CCC(OCCO)CC2)cc1. The lowest BCUT2D eigenvalue weighted by Crippen LogP contribution is -2.41. The summed E-state index contributed by atoms with van der Waals surface area (Å²) in [6.07, 6.45) is 1.25. The van der Waals surface area contributed by atoms with Crippen molar-refractivity contribution in [1.29, 1.82) is 5.26 Å². The quantitative estimate of drug-likeness (QED) is 0.865. The molecule has 114 valence electrons. The first-order valence-electron chi connectivity index (χ1n) is 6.80. The van der Waals surface area contributed by atoms with Crippen molar-refractivity contribution in [1.82, 2.24) is 4.31 Å². The molecule has 1 fully saturated rings. The summed E-state index contributed by atoms with van der Waals surface area (Å²) in [5.41, 5.74) is 0.435. The van der Waals surface area contributed by atoms with Gasteiger partial charge in [-0.15, -0.1) is 0 Å². The molecule has 0 amide bonds. The lowest BCUT2D eigenvalue weighted by molar-refractivity contribution is 0.00318. The lowest BCUT2D eigenvalue weighted by atomic mass is 10.1. The second-order valence-electron chi connectivity index (χ2n) is 4.83. The molecule has 0 atom stereocenters. The Morgan fingerprint density at radius 1 is 1.29 bits per heavy atom. The fourth-order valence-corrected chi connectivity index (χ4v) is 3.78. The first kappa shape index (κ1) is 15.9. The van der Waals surface area contributed by atoms with Crippen LogP contribution in [0, 0.1) is 11.3 Å².